The lowest BCUT2D eigenvalue weighted by Crippen LogP contribution is -2.28. The maximum atomic E-state index is 4.62. The molecule has 152 valence electrons. The Morgan fingerprint density at radius 2 is 2.03 bits per heavy atom. The van der Waals surface area contributed by atoms with Crippen molar-refractivity contribution < 1.29 is 0 Å². The molecule has 0 spiro atoms. The molecule has 1 atom stereocenters. The number of aryl methyl sites for hydroxylation is 1. The summed E-state index contributed by atoms with van der Waals surface area (Å²) in [6, 6.07) is 8.18. The SMILES string of the molecule is CCC(C)(C)C1CCc2sc3ncnc(NN=C(C)c4ccc(Br)cc4)c3c2C1. The van der Waals surface area contributed by atoms with Crippen LogP contribution in [0.1, 0.15) is 56.5 Å². The molecular formula is C23H27BrN4S. The summed E-state index contributed by atoms with van der Waals surface area (Å²) in [4.78, 5) is 11.6. The fourth-order valence-corrected chi connectivity index (χ4v) is 5.49. The zero-order valence-corrected chi connectivity index (χ0v) is 19.8. The summed E-state index contributed by atoms with van der Waals surface area (Å²) >= 11 is 5.30. The van der Waals surface area contributed by atoms with Crippen molar-refractivity contribution in [3.63, 3.8) is 0 Å². The van der Waals surface area contributed by atoms with Gasteiger partial charge in [-0.2, -0.15) is 5.10 Å². The maximum Gasteiger partial charge on any atom is 0.158 e. The summed E-state index contributed by atoms with van der Waals surface area (Å²) in [5, 5.41) is 5.79. The van der Waals surface area contributed by atoms with Crippen molar-refractivity contribution in [1.82, 2.24) is 9.97 Å². The zero-order valence-electron chi connectivity index (χ0n) is 17.4. The van der Waals surface area contributed by atoms with Crippen LogP contribution in [0.4, 0.5) is 5.82 Å². The topological polar surface area (TPSA) is 50.2 Å². The van der Waals surface area contributed by atoms with Gasteiger partial charge in [0.15, 0.2) is 5.82 Å². The zero-order chi connectivity index (χ0) is 20.6. The molecule has 2 aromatic heterocycles. The number of fused-ring (bicyclic) bond motifs is 3. The van der Waals surface area contributed by atoms with E-state index < -0.39 is 0 Å². The number of aromatic nitrogens is 2. The molecule has 4 nitrogen and oxygen atoms in total. The molecule has 1 aromatic carbocycles. The summed E-state index contributed by atoms with van der Waals surface area (Å²) in [5.41, 5.74) is 7.04. The highest BCUT2D eigenvalue weighted by Gasteiger charge is 2.33. The van der Waals surface area contributed by atoms with Gasteiger partial charge in [-0.15, -0.1) is 11.3 Å². The molecule has 0 aliphatic heterocycles. The summed E-state index contributed by atoms with van der Waals surface area (Å²) in [6.45, 7) is 9.12. The molecule has 0 radical (unpaired) electrons. The standard InChI is InChI=1S/C23H27BrN4S/c1-5-23(3,4)16-8-11-19-18(12-16)20-21(25-13-26-22(20)29-19)28-27-14(2)15-6-9-17(24)10-7-15/h6-7,9-10,13,16H,5,8,11-12H2,1-4H3,(H,25,26,28). The van der Waals surface area contributed by atoms with Gasteiger partial charge in [-0.05, 0) is 60.8 Å². The number of nitrogens with zero attached hydrogens (tertiary/aromatic N) is 3. The predicted octanol–water partition coefficient (Wildman–Crippen LogP) is 6.83. The molecule has 4 rings (SSSR count). The molecule has 1 N–H and O–H groups in total. The minimum Gasteiger partial charge on any atom is -0.260 e. The van der Waals surface area contributed by atoms with Crippen molar-refractivity contribution in [1.29, 1.82) is 0 Å². The Balaban J connectivity index is 1.67. The second kappa shape index (κ2) is 8.15. The summed E-state index contributed by atoms with van der Waals surface area (Å²) in [6.07, 6.45) is 6.36. The van der Waals surface area contributed by atoms with Gasteiger partial charge in [-0.1, -0.05) is 55.3 Å². The summed E-state index contributed by atoms with van der Waals surface area (Å²) in [7, 11) is 0. The molecule has 0 saturated heterocycles. The van der Waals surface area contributed by atoms with Crippen LogP contribution in [-0.2, 0) is 12.8 Å². The van der Waals surface area contributed by atoms with Crippen molar-refractivity contribution in [2.24, 2.45) is 16.4 Å². The molecular weight excluding hydrogens is 444 g/mol. The average molecular weight is 471 g/mol. The van der Waals surface area contributed by atoms with Gasteiger partial charge in [0, 0.05) is 9.35 Å². The second-order valence-electron chi connectivity index (χ2n) is 8.50. The highest BCUT2D eigenvalue weighted by atomic mass is 79.9. The highest BCUT2D eigenvalue weighted by molar-refractivity contribution is 9.10. The minimum absolute atomic E-state index is 0.353. The van der Waals surface area contributed by atoms with E-state index in [-0.39, 0.29) is 0 Å². The van der Waals surface area contributed by atoms with Gasteiger partial charge in [0.2, 0.25) is 0 Å². The van der Waals surface area contributed by atoms with Gasteiger partial charge in [0.25, 0.3) is 0 Å². The van der Waals surface area contributed by atoms with E-state index in [1.807, 2.05) is 30.4 Å². The first-order valence-electron chi connectivity index (χ1n) is 10.2. The summed E-state index contributed by atoms with van der Waals surface area (Å²) < 4.78 is 1.06. The second-order valence-corrected chi connectivity index (χ2v) is 10.5. The molecule has 0 fully saturated rings. The number of halogens is 1. The number of rotatable bonds is 5. The Morgan fingerprint density at radius 1 is 1.28 bits per heavy atom. The van der Waals surface area contributed by atoms with Gasteiger partial charge >= 0.3 is 0 Å². The van der Waals surface area contributed by atoms with Crippen molar-refractivity contribution in [2.45, 2.75) is 53.4 Å². The van der Waals surface area contributed by atoms with E-state index in [0.29, 0.717) is 11.3 Å². The van der Waals surface area contributed by atoms with E-state index in [4.69, 9.17) is 0 Å². The van der Waals surface area contributed by atoms with E-state index >= 15 is 0 Å². The van der Waals surface area contributed by atoms with Crippen molar-refractivity contribution >= 4 is 49.0 Å². The van der Waals surface area contributed by atoms with Gasteiger partial charge in [0.1, 0.15) is 11.2 Å². The van der Waals surface area contributed by atoms with Crippen LogP contribution < -0.4 is 5.43 Å². The molecule has 29 heavy (non-hydrogen) atoms. The van der Waals surface area contributed by atoms with Crippen LogP contribution in [0.25, 0.3) is 10.2 Å². The fourth-order valence-electron chi connectivity index (χ4n) is 4.04. The quantitative estimate of drug-likeness (QED) is 0.328. The van der Waals surface area contributed by atoms with E-state index in [2.05, 4.69) is 69.3 Å². The molecule has 3 aromatic rings. The molecule has 1 unspecified atom stereocenters. The minimum atomic E-state index is 0.353. The number of anilines is 1. The predicted molar refractivity (Wildman–Crippen MR) is 127 cm³/mol. The molecule has 6 heteroatoms. The largest absolute Gasteiger partial charge is 0.260 e. The van der Waals surface area contributed by atoms with Crippen LogP contribution in [0.2, 0.25) is 0 Å². The number of benzene rings is 1. The van der Waals surface area contributed by atoms with Crippen LogP contribution in [-0.4, -0.2) is 15.7 Å². The third kappa shape index (κ3) is 4.10. The normalized spacial score (nSPS) is 17.4. The molecule has 1 aliphatic carbocycles. The lowest BCUT2D eigenvalue weighted by molar-refractivity contribution is 0.184. The number of hydrazone groups is 1. The number of hydrogen-bond donors (Lipinski definition) is 1. The highest BCUT2D eigenvalue weighted by Crippen LogP contribution is 2.45. The summed E-state index contributed by atoms with van der Waals surface area (Å²) in [5.74, 6) is 1.51. The van der Waals surface area contributed by atoms with E-state index in [9.17, 15) is 0 Å². The van der Waals surface area contributed by atoms with Crippen LogP contribution >= 0.6 is 27.3 Å². The van der Waals surface area contributed by atoms with Gasteiger partial charge < -0.3 is 0 Å². The fraction of sp³-hybridized carbons (Fsp3) is 0.435. The molecule has 1 aliphatic rings. The Bertz CT molecular complexity index is 1050. The molecule has 0 amide bonds. The third-order valence-electron chi connectivity index (χ3n) is 6.45. The van der Waals surface area contributed by atoms with E-state index in [1.54, 1.807) is 6.33 Å². The molecule has 0 bridgehead atoms. The van der Waals surface area contributed by atoms with Crippen molar-refractivity contribution in [3.05, 3.63) is 51.1 Å². The molecule has 0 saturated carbocycles. The smallest absolute Gasteiger partial charge is 0.158 e. The Kier molecular flexibility index (Phi) is 5.76. The molecule has 2 heterocycles. The van der Waals surface area contributed by atoms with E-state index in [0.717, 1.165) is 44.6 Å². The van der Waals surface area contributed by atoms with Crippen LogP contribution in [0, 0.1) is 11.3 Å². The van der Waals surface area contributed by atoms with Crippen LogP contribution in [0.3, 0.4) is 0 Å². The van der Waals surface area contributed by atoms with Crippen molar-refractivity contribution in [2.75, 3.05) is 5.43 Å². The monoisotopic (exact) mass is 470 g/mol. The van der Waals surface area contributed by atoms with Gasteiger partial charge in [0.05, 0.1) is 11.1 Å². The van der Waals surface area contributed by atoms with Gasteiger partial charge in [-0.3, -0.25) is 5.43 Å². The Morgan fingerprint density at radius 3 is 2.76 bits per heavy atom. The lowest BCUT2D eigenvalue weighted by Gasteiger charge is -2.36. The lowest BCUT2D eigenvalue weighted by atomic mass is 9.69. The number of nitrogens with one attached hydrogen (secondary N) is 1. The van der Waals surface area contributed by atoms with Crippen LogP contribution in [0.5, 0.6) is 0 Å². The Labute approximate surface area is 185 Å². The number of hydrogen-bond acceptors (Lipinski definition) is 5. The van der Waals surface area contributed by atoms with Crippen LogP contribution in [0.15, 0.2) is 40.2 Å². The third-order valence-corrected chi connectivity index (χ3v) is 8.18. The van der Waals surface area contributed by atoms with Crippen molar-refractivity contribution in [3.8, 4) is 0 Å². The van der Waals surface area contributed by atoms with Gasteiger partial charge in [-0.25, -0.2) is 9.97 Å². The Hall–Kier alpha value is -1.79. The van der Waals surface area contributed by atoms with E-state index in [1.165, 1.54) is 23.3 Å². The first-order valence-corrected chi connectivity index (χ1v) is 11.8. The first-order chi connectivity index (χ1) is 13.9. The maximum absolute atomic E-state index is 4.62. The average Bonchev–Trinajstić information content (AvgIpc) is 3.11. The number of thiophene rings is 1. The first kappa shape index (κ1) is 20.5.